The summed E-state index contributed by atoms with van der Waals surface area (Å²) >= 11 is 0. The normalized spacial score (nSPS) is 11.2. The molecule has 0 bridgehead atoms. The highest BCUT2D eigenvalue weighted by atomic mass is 32.2. The van der Waals surface area contributed by atoms with Gasteiger partial charge in [-0.3, -0.25) is 9.59 Å². The van der Waals surface area contributed by atoms with Gasteiger partial charge in [0.2, 0.25) is 21.8 Å². The zero-order valence-corrected chi connectivity index (χ0v) is 20.8. The number of aryl methyl sites for hydroxylation is 1. The van der Waals surface area contributed by atoms with Crippen LogP contribution in [0.1, 0.15) is 18.1 Å². The lowest BCUT2D eigenvalue weighted by Crippen LogP contribution is -2.39. The molecule has 0 saturated heterocycles. The van der Waals surface area contributed by atoms with E-state index in [0.29, 0.717) is 17.8 Å². The van der Waals surface area contributed by atoms with E-state index in [1.807, 2.05) is 30.3 Å². The fraction of sp³-hybridized carbons (Fsp3) is 0.231. The average molecular weight is 496 g/mol. The zero-order chi connectivity index (χ0) is 25.4. The first-order valence-corrected chi connectivity index (χ1v) is 12.5. The van der Waals surface area contributed by atoms with E-state index in [4.69, 9.17) is 4.74 Å². The molecule has 35 heavy (non-hydrogen) atoms. The summed E-state index contributed by atoms with van der Waals surface area (Å²) in [6.45, 7) is 2.94. The Balaban J connectivity index is 1.83. The number of rotatable bonds is 10. The second-order valence-corrected chi connectivity index (χ2v) is 9.94. The van der Waals surface area contributed by atoms with Gasteiger partial charge >= 0.3 is 0 Å². The molecule has 8 nitrogen and oxygen atoms in total. The van der Waals surface area contributed by atoms with Crippen molar-refractivity contribution >= 4 is 33.2 Å². The Bertz CT molecular complexity index is 1280. The first kappa shape index (κ1) is 25.9. The molecule has 3 rings (SSSR count). The van der Waals surface area contributed by atoms with E-state index in [-0.39, 0.29) is 29.6 Å². The molecule has 0 aliphatic heterocycles. The van der Waals surface area contributed by atoms with Gasteiger partial charge in [-0.2, -0.15) is 4.31 Å². The van der Waals surface area contributed by atoms with Crippen molar-refractivity contribution in [3.05, 3.63) is 83.9 Å². The minimum atomic E-state index is -4.04. The molecule has 0 aliphatic rings. The summed E-state index contributed by atoms with van der Waals surface area (Å²) in [6.07, 6.45) is 0.437. The van der Waals surface area contributed by atoms with Crippen LogP contribution in [0, 0.1) is 6.92 Å². The summed E-state index contributed by atoms with van der Waals surface area (Å²) in [7, 11) is -2.63. The van der Waals surface area contributed by atoms with Crippen molar-refractivity contribution in [2.75, 3.05) is 30.8 Å². The maximum atomic E-state index is 13.6. The summed E-state index contributed by atoms with van der Waals surface area (Å²) in [4.78, 5) is 24.1. The first-order valence-electron chi connectivity index (χ1n) is 11.1. The van der Waals surface area contributed by atoms with Crippen LogP contribution in [0.3, 0.4) is 0 Å². The predicted molar refractivity (Wildman–Crippen MR) is 136 cm³/mol. The lowest BCUT2D eigenvalue weighted by Gasteiger charge is -2.23. The molecular weight excluding hydrogens is 466 g/mol. The second-order valence-electron chi connectivity index (χ2n) is 8.04. The van der Waals surface area contributed by atoms with Crippen LogP contribution in [0.4, 0.5) is 11.4 Å². The van der Waals surface area contributed by atoms with E-state index in [0.717, 1.165) is 15.4 Å². The Morgan fingerprint density at radius 3 is 2.14 bits per heavy atom. The van der Waals surface area contributed by atoms with Crippen LogP contribution in [-0.2, 0) is 26.0 Å². The first-order chi connectivity index (χ1) is 16.7. The van der Waals surface area contributed by atoms with Crippen molar-refractivity contribution in [2.45, 2.75) is 25.2 Å². The molecular formula is C26H29N3O5S. The molecule has 0 aliphatic carbocycles. The van der Waals surface area contributed by atoms with Gasteiger partial charge < -0.3 is 15.4 Å². The second kappa shape index (κ2) is 11.6. The Kier molecular flexibility index (Phi) is 8.62. The minimum Gasteiger partial charge on any atom is -0.495 e. The number of carbonyl (C=O) groups excluding carboxylic acids is 2. The third-order valence-electron chi connectivity index (χ3n) is 5.24. The van der Waals surface area contributed by atoms with Crippen molar-refractivity contribution in [3.63, 3.8) is 0 Å². The summed E-state index contributed by atoms with van der Waals surface area (Å²) in [6, 6.07) is 21.0. The highest BCUT2D eigenvalue weighted by Crippen LogP contribution is 2.28. The zero-order valence-electron chi connectivity index (χ0n) is 19.9. The Labute approximate surface area is 206 Å². The maximum Gasteiger partial charge on any atom is 0.247 e. The van der Waals surface area contributed by atoms with Gasteiger partial charge in [0.1, 0.15) is 10.6 Å². The van der Waals surface area contributed by atoms with Crippen molar-refractivity contribution < 1.29 is 22.7 Å². The van der Waals surface area contributed by atoms with E-state index in [2.05, 4.69) is 10.6 Å². The summed E-state index contributed by atoms with van der Waals surface area (Å²) in [5, 5.41) is 5.38. The summed E-state index contributed by atoms with van der Waals surface area (Å²) < 4.78 is 33.8. The smallest absolute Gasteiger partial charge is 0.247 e. The van der Waals surface area contributed by atoms with Crippen LogP contribution < -0.4 is 15.4 Å². The van der Waals surface area contributed by atoms with Crippen molar-refractivity contribution in [1.29, 1.82) is 0 Å². The molecule has 0 spiro atoms. The monoisotopic (exact) mass is 495 g/mol. The number of benzene rings is 3. The van der Waals surface area contributed by atoms with Gasteiger partial charge in [0.15, 0.2) is 0 Å². The van der Waals surface area contributed by atoms with E-state index in [1.54, 1.807) is 49.4 Å². The van der Waals surface area contributed by atoms with Crippen LogP contribution in [0.15, 0.2) is 77.7 Å². The third kappa shape index (κ3) is 7.14. The SMILES string of the molecule is COc1ccc(C)cc1S(=O)(=O)N(CCc1ccccc1)CC(=O)Nc1ccc(NC(C)=O)cc1. The Hall–Kier alpha value is -3.69. The number of sulfonamides is 1. The Morgan fingerprint density at radius 2 is 1.54 bits per heavy atom. The molecule has 2 amide bonds. The predicted octanol–water partition coefficient (Wildman–Crippen LogP) is 3.83. The number of carbonyl (C=O) groups is 2. The third-order valence-corrected chi connectivity index (χ3v) is 7.11. The van der Waals surface area contributed by atoms with Gasteiger partial charge in [-0.1, -0.05) is 36.4 Å². The number of methoxy groups -OCH3 is 1. The molecule has 0 saturated carbocycles. The molecule has 9 heteroatoms. The van der Waals surface area contributed by atoms with Crippen LogP contribution >= 0.6 is 0 Å². The summed E-state index contributed by atoms with van der Waals surface area (Å²) in [5.74, 6) is -0.470. The molecule has 0 unspecified atom stereocenters. The molecule has 2 N–H and O–H groups in total. The van der Waals surface area contributed by atoms with Gasteiger partial charge in [0.25, 0.3) is 0 Å². The molecule has 0 radical (unpaired) electrons. The van der Waals surface area contributed by atoms with Crippen LogP contribution in [0.5, 0.6) is 5.75 Å². The number of amides is 2. The van der Waals surface area contributed by atoms with E-state index >= 15 is 0 Å². The highest BCUT2D eigenvalue weighted by molar-refractivity contribution is 7.89. The number of hydrogen-bond acceptors (Lipinski definition) is 5. The number of nitrogens with one attached hydrogen (secondary N) is 2. The molecule has 184 valence electrons. The van der Waals surface area contributed by atoms with E-state index in [1.165, 1.54) is 14.0 Å². The van der Waals surface area contributed by atoms with Gasteiger partial charge in [-0.25, -0.2) is 8.42 Å². The fourth-order valence-electron chi connectivity index (χ4n) is 3.51. The van der Waals surface area contributed by atoms with Gasteiger partial charge in [-0.15, -0.1) is 0 Å². The number of nitrogens with zero attached hydrogens (tertiary/aromatic N) is 1. The number of ether oxygens (including phenoxy) is 1. The van der Waals surface area contributed by atoms with Gasteiger partial charge in [0.05, 0.1) is 13.7 Å². The minimum absolute atomic E-state index is 0.0144. The van der Waals surface area contributed by atoms with Gasteiger partial charge in [-0.05, 0) is 60.9 Å². The van der Waals surface area contributed by atoms with E-state index in [9.17, 15) is 18.0 Å². The Morgan fingerprint density at radius 1 is 0.914 bits per heavy atom. The number of hydrogen-bond donors (Lipinski definition) is 2. The maximum absolute atomic E-state index is 13.6. The topological polar surface area (TPSA) is 105 Å². The highest BCUT2D eigenvalue weighted by Gasteiger charge is 2.29. The molecule has 0 aromatic heterocycles. The average Bonchev–Trinajstić information content (AvgIpc) is 2.83. The number of anilines is 2. The molecule has 0 heterocycles. The lowest BCUT2D eigenvalue weighted by atomic mass is 10.1. The van der Waals surface area contributed by atoms with E-state index < -0.39 is 15.9 Å². The van der Waals surface area contributed by atoms with Crippen molar-refractivity contribution in [1.82, 2.24) is 4.31 Å². The fourth-order valence-corrected chi connectivity index (χ4v) is 5.15. The molecule has 3 aromatic rings. The quantitative estimate of drug-likeness (QED) is 0.445. The van der Waals surface area contributed by atoms with Crippen LogP contribution in [-0.4, -0.2) is 44.7 Å². The lowest BCUT2D eigenvalue weighted by molar-refractivity contribution is -0.116. The molecule has 3 aromatic carbocycles. The standard InChI is InChI=1S/C26H29N3O5S/c1-19-9-14-24(34-3)25(17-19)35(32,33)29(16-15-21-7-5-4-6-8-21)18-26(31)28-23-12-10-22(11-13-23)27-20(2)30/h4-14,17H,15-16,18H2,1-3H3,(H,27,30)(H,28,31). The van der Waals surface area contributed by atoms with Crippen molar-refractivity contribution in [3.8, 4) is 5.75 Å². The van der Waals surface area contributed by atoms with Crippen LogP contribution in [0.25, 0.3) is 0 Å². The van der Waals surface area contributed by atoms with Crippen molar-refractivity contribution in [2.24, 2.45) is 0 Å². The van der Waals surface area contributed by atoms with Gasteiger partial charge in [0, 0.05) is 24.8 Å². The van der Waals surface area contributed by atoms with Crippen LogP contribution in [0.2, 0.25) is 0 Å². The molecule has 0 fully saturated rings. The summed E-state index contributed by atoms with van der Waals surface area (Å²) in [5.41, 5.74) is 2.79. The molecule has 0 atom stereocenters. The largest absolute Gasteiger partial charge is 0.495 e.